The molecule has 1 aliphatic rings. The van der Waals surface area contributed by atoms with Gasteiger partial charge in [-0.25, -0.2) is 4.68 Å². The average Bonchev–Trinajstić information content (AvgIpc) is 3.24. The highest BCUT2D eigenvalue weighted by atomic mass is 16.5. The lowest BCUT2D eigenvalue weighted by Crippen LogP contribution is -2.30. The Morgan fingerprint density at radius 1 is 1.39 bits per heavy atom. The summed E-state index contributed by atoms with van der Waals surface area (Å²) < 4.78 is 7.21. The number of rotatable bonds is 6. The average molecular weight is 312 g/mol. The summed E-state index contributed by atoms with van der Waals surface area (Å²) in [6.45, 7) is 2.01. The number of ether oxygens (including phenoxy) is 1. The quantitative estimate of drug-likeness (QED) is 0.823. The van der Waals surface area contributed by atoms with Gasteiger partial charge in [0.1, 0.15) is 5.69 Å². The molecule has 1 amide bonds. The minimum Gasteiger partial charge on any atom is -0.376 e. The smallest absolute Gasteiger partial charge is 0.244 e. The fourth-order valence-electron chi connectivity index (χ4n) is 2.48. The molecule has 2 heterocycles. The van der Waals surface area contributed by atoms with Crippen LogP contribution in [0.25, 0.3) is 6.08 Å². The molecule has 3 rings (SSSR count). The van der Waals surface area contributed by atoms with Crippen molar-refractivity contribution in [1.82, 2.24) is 20.3 Å². The van der Waals surface area contributed by atoms with Gasteiger partial charge in [0, 0.05) is 19.2 Å². The monoisotopic (exact) mass is 312 g/mol. The number of benzene rings is 1. The third-order valence-electron chi connectivity index (χ3n) is 3.68. The van der Waals surface area contributed by atoms with E-state index in [0.29, 0.717) is 18.8 Å². The van der Waals surface area contributed by atoms with Gasteiger partial charge >= 0.3 is 0 Å². The van der Waals surface area contributed by atoms with Crippen LogP contribution in [-0.2, 0) is 16.1 Å². The molecule has 1 aliphatic heterocycles. The molecule has 6 heteroatoms. The first kappa shape index (κ1) is 15.4. The van der Waals surface area contributed by atoms with Crippen molar-refractivity contribution in [3.8, 4) is 0 Å². The Morgan fingerprint density at radius 2 is 2.26 bits per heavy atom. The molecular weight excluding hydrogens is 292 g/mol. The lowest BCUT2D eigenvalue weighted by Gasteiger charge is -2.08. The Kier molecular flexibility index (Phi) is 5.16. The Morgan fingerprint density at radius 3 is 3.04 bits per heavy atom. The van der Waals surface area contributed by atoms with E-state index in [2.05, 4.69) is 15.6 Å². The molecule has 1 unspecified atom stereocenters. The number of carbonyl (C=O) groups excluding carboxylic acids is 1. The summed E-state index contributed by atoms with van der Waals surface area (Å²) in [5, 5.41) is 10.9. The Balaban J connectivity index is 1.48. The number of nitrogens with zero attached hydrogens (tertiary/aromatic N) is 3. The van der Waals surface area contributed by atoms with Gasteiger partial charge in [0.25, 0.3) is 0 Å². The van der Waals surface area contributed by atoms with Crippen molar-refractivity contribution in [2.45, 2.75) is 25.5 Å². The molecule has 0 aliphatic carbocycles. The van der Waals surface area contributed by atoms with Crippen LogP contribution >= 0.6 is 0 Å². The highest BCUT2D eigenvalue weighted by Crippen LogP contribution is 2.10. The van der Waals surface area contributed by atoms with Crippen molar-refractivity contribution in [3.63, 3.8) is 0 Å². The second-order valence-electron chi connectivity index (χ2n) is 5.54. The zero-order chi connectivity index (χ0) is 15.9. The number of carbonyl (C=O) groups is 1. The van der Waals surface area contributed by atoms with Crippen molar-refractivity contribution in [2.24, 2.45) is 0 Å². The largest absolute Gasteiger partial charge is 0.376 e. The summed E-state index contributed by atoms with van der Waals surface area (Å²) >= 11 is 0. The molecule has 2 aromatic rings. The molecule has 1 N–H and O–H groups in total. The first-order chi connectivity index (χ1) is 11.3. The van der Waals surface area contributed by atoms with Gasteiger partial charge in [-0.1, -0.05) is 35.5 Å². The van der Waals surface area contributed by atoms with E-state index >= 15 is 0 Å². The molecule has 1 fully saturated rings. The van der Waals surface area contributed by atoms with Gasteiger partial charge in [0.15, 0.2) is 0 Å². The first-order valence-corrected chi connectivity index (χ1v) is 7.81. The van der Waals surface area contributed by atoms with Crippen molar-refractivity contribution in [2.75, 3.05) is 13.2 Å². The highest BCUT2D eigenvalue weighted by Gasteiger charge is 2.15. The van der Waals surface area contributed by atoms with Crippen molar-refractivity contribution >= 4 is 12.0 Å². The van der Waals surface area contributed by atoms with Crippen LogP contribution in [0.5, 0.6) is 0 Å². The van der Waals surface area contributed by atoms with Crippen LogP contribution in [0, 0.1) is 0 Å². The molecule has 1 aromatic carbocycles. The normalized spacial score (nSPS) is 17.7. The van der Waals surface area contributed by atoms with E-state index in [1.165, 1.54) is 6.08 Å². The third kappa shape index (κ3) is 4.75. The molecule has 23 heavy (non-hydrogen) atoms. The molecule has 1 atom stereocenters. The maximum absolute atomic E-state index is 11.8. The molecule has 6 nitrogen and oxygen atoms in total. The number of nitrogens with one attached hydrogen (secondary N) is 1. The molecule has 1 saturated heterocycles. The lowest BCUT2D eigenvalue weighted by molar-refractivity contribution is -0.116. The van der Waals surface area contributed by atoms with E-state index in [1.54, 1.807) is 10.8 Å². The van der Waals surface area contributed by atoms with Crippen LogP contribution in [-0.4, -0.2) is 40.2 Å². The minimum atomic E-state index is -0.141. The minimum absolute atomic E-state index is 0.141. The number of aromatic nitrogens is 3. The van der Waals surface area contributed by atoms with Crippen LogP contribution in [0.1, 0.15) is 24.1 Å². The molecular formula is C17H20N4O2. The van der Waals surface area contributed by atoms with E-state index < -0.39 is 0 Å². The molecule has 120 valence electrons. The molecule has 0 bridgehead atoms. The summed E-state index contributed by atoms with van der Waals surface area (Å²) in [5.41, 5.74) is 1.82. The van der Waals surface area contributed by atoms with E-state index in [9.17, 15) is 4.79 Å². The molecule has 0 radical (unpaired) electrons. The zero-order valence-electron chi connectivity index (χ0n) is 12.9. The third-order valence-corrected chi connectivity index (χ3v) is 3.68. The fourth-order valence-corrected chi connectivity index (χ4v) is 2.48. The standard InChI is InChI=1S/C17H20N4O2/c22-17(18-11-16-7-4-10-23-16)9-8-15-13-21(20-19-15)12-14-5-2-1-3-6-14/h1-3,5-6,8-9,13,16H,4,7,10-12H2,(H,18,22)/b9-8+. The number of hydrogen-bond acceptors (Lipinski definition) is 4. The summed E-state index contributed by atoms with van der Waals surface area (Å²) in [4.78, 5) is 11.8. The second-order valence-corrected chi connectivity index (χ2v) is 5.54. The van der Waals surface area contributed by atoms with Gasteiger partial charge in [-0.2, -0.15) is 0 Å². The summed E-state index contributed by atoms with van der Waals surface area (Å²) in [6, 6.07) is 10.0. The van der Waals surface area contributed by atoms with Gasteiger partial charge in [-0.05, 0) is 24.5 Å². The first-order valence-electron chi connectivity index (χ1n) is 7.81. The Bertz CT molecular complexity index is 660. The van der Waals surface area contributed by atoms with Gasteiger partial charge in [0.2, 0.25) is 5.91 Å². The Hall–Kier alpha value is -2.47. The maximum Gasteiger partial charge on any atom is 0.244 e. The summed E-state index contributed by atoms with van der Waals surface area (Å²) in [6.07, 6.45) is 7.19. The highest BCUT2D eigenvalue weighted by molar-refractivity contribution is 5.91. The van der Waals surface area contributed by atoms with Gasteiger partial charge in [0.05, 0.1) is 18.8 Å². The number of amides is 1. The fraction of sp³-hybridized carbons (Fsp3) is 0.353. The van der Waals surface area contributed by atoms with E-state index in [4.69, 9.17) is 4.74 Å². The van der Waals surface area contributed by atoms with Gasteiger partial charge in [-0.3, -0.25) is 4.79 Å². The van der Waals surface area contributed by atoms with Crippen LogP contribution in [0.3, 0.4) is 0 Å². The van der Waals surface area contributed by atoms with Crippen LogP contribution in [0.15, 0.2) is 42.6 Å². The maximum atomic E-state index is 11.8. The van der Waals surface area contributed by atoms with Crippen LogP contribution in [0.4, 0.5) is 0 Å². The summed E-state index contributed by atoms with van der Waals surface area (Å²) in [7, 11) is 0. The van der Waals surface area contributed by atoms with Crippen LogP contribution in [0.2, 0.25) is 0 Å². The van der Waals surface area contributed by atoms with Crippen molar-refractivity contribution < 1.29 is 9.53 Å². The zero-order valence-corrected chi connectivity index (χ0v) is 12.9. The Labute approximate surface area is 135 Å². The predicted octanol–water partition coefficient (Wildman–Crippen LogP) is 1.63. The van der Waals surface area contributed by atoms with E-state index in [-0.39, 0.29) is 12.0 Å². The molecule has 0 saturated carbocycles. The lowest BCUT2D eigenvalue weighted by atomic mass is 10.2. The second kappa shape index (κ2) is 7.69. The van der Waals surface area contributed by atoms with Crippen molar-refractivity contribution in [3.05, 3.63) is 53.9 Å². The van der Waals surface area contributed by atoms with E-state index in [0.717, 1.165) is 25.0 Å². The number of hydrogen-bond donors (Lipinski definition) is 1. The topological polar surface area (TPSA) is 69.0 Å². The van der Waals surface area contributed by atoms with Crippen LogP contribution < -0.4 is 5.32 Å². The van der Waals surface area contributed by atoms with Gasteiger partial charge < -0.3 is 10.1 Å². The summed E-state index contributed by atoms with van der Waals surface area (Å²) in [5.74, 6) is -0.141. The van der Waals surface area contributed by atoms with E-state index in [1.807, 2.05) is 36.5 Å². The molecule has 1 aromatic heterocycles. The predicted molar refractivity (Wildman–Crippen MR) is 86.6 cm³/mol. The van der Waals surface area contributed by atoms with Gasteiger partial charge in [-0.15, -0.1) is 5.10 Å². The SMILES string of the molecule is O=C(/C=C/c1cn(Cc2ccccc2)nn1)NCC1CCCO1. The van der Waals surface area contributed by atoms with Crippen molar-refractivity contribution in [1.29, 1.82) is 0 Å². The molecule has 0 spiro atoms.